The third-order valence-electron chi connectivity index (χ3n) is 3.20. The SMILES string of the molecule is Cc1ccc(Cl)cc1-c1sc(C(=O)O)c(N)c1C(C)C. The first-order valence-corrected chi connectivity index (χ1v) is 7.44. The monoisotopic (exact) mass is 309 g/mol. The van der Waals surface area contributed by atoms with Crippen molar-refractivity contribution in [2.45, 2.75) is 26.7 Å². The molecule has 0 aliphatic heterocycles. The molecule has 2 rings (SSSR count). The average Bonchev–Trinajstić information content (AvgIpc) is 2.70. The highest BCUT2D eigenvalue weighted by Gasteiger charge is 2.24. The standard InChI is InChI=1S/C15H16ClNO2S/c1-7(2)11-12(17)14(15(18)19)20-13(11)10-6-9(16)5-4-8(10)3/h4-7H,17H2,1-3H3,(H,18,19). The molecule has 1 heterocycles. The van der Waals surface area contributed by atoms with Crippen molar-refractivity contribution in [3.8, 4) is 10.4 Å². The Morgan fingerprint density at radius 2 is 2.05 bits per heavy atom. The Balaban J connectivity index is 2.76. The van der Waals surface area contributed by atoms with Crippen LogP contribution in [0.25, 0.3) is 10.4 Å². The summed E-state index contributed by atoms with van der Waals surface area (Å²) in [5.41, 5.74) is 9.28. The molecule has 0 aliphatic rings. The number of aryl methyl sites for hydroxylation is 1. The van der Waals surface area contributed by atoms with Gasteiger partial charge in [-0.3, -0.25) is 0 Å². The van der Waals surface area contributed by atoms with Gasteiger partial charge in [0.1, 0.15) is 4.88 Å². The minimum Gasteiger partial charge on any atom is -0.477 e. The van der Waals surface area contributed by atoms with Gasteiger partial charge in [-0.05, 0) is 41.7 Å². The molecular formula is C15H16ClNO2S. The summed E-state index contributed by atoms with van der Waals surface area (Å²) in [6.07, 6.45) is 0. The van der Waals surface area contributed by atoms with Crippen molar-refractivity contribution in [2.24, 2.45) is 0 Å². The van der Waals surface area contributed by atoms with Gasteiger partial charge < -0.3 is 10.8 Å². The molecule has 0 spiro atoms. The lowest BCUT2D eigenvalue weighted by Gasteiger charge is -2.11. The van der Waals surface area contributed by atoms with E-state index in [0.29, 0.717) is 10.7 Å². The van der Waals surface area contributed by atoms with E-state index in [4.69, 9.17) is 17.3 Å². The third kappa shape index (κ3) is 2.53. The van der Waals surface area contributed by atoms with Crippen LogP contribution >= 0.6 is 22.9 Å². The summed E-state index contributed by atoms with van der Waals surface area (Å²) >= 11 is 7.28. The molecule has 3 N–H and O–H groups in total. The normalized spacial score (nSPS) is 11.1. The number of rotatable bonds is 3. The third-order valence-corrected chi connectivity index (χ3v) is 4.68. The largest absolute Gasteiger partial charge is 0.477 e. The van der Waals surface area contributed by atoms with Gasteiger partial charge in [0.15, 0.2) is 0 Å². The van der Waals surface area contributed by atoms with E-state index in [-0.39, 0.29) is 10.8 Å². The van der Waals surface area contributed by atoms with Crippen LogP contribution in [0.5, 0.6) is 0 Å². The molecule has 0 aliphatic carbocycles. The molecule has 0 amide bonds. The molecule has 1 aromatic carbocycles. The number of anilines is 1. The molecule has 20 heavy (non-hydrogen) atoms. The van der Waals surface area contributed by atoms with E-state index < -0.39 is 5.97 Å². The second-order valence-corrected chi connectivity index (χ2v) is 6.46. The Kier molecular flexibility index (Phi) is 4.06. The lowest BCUT2D eigenvalue weighted by atomic mass is 9.96. The molecule has 106 valence electrons. The van der Waals surface area contributed by atoms with E-state index in [1.165, 1.54) is 11.3 Å². The van der Waals surface area contributed by atoms with Crippen LogP contribution in [-0.4, -0.2) is 11.1 Å². The number of nitrogen functional groups attached to an aromatic ring is 1. The number of carboxylic acid groups (broad SMARTS) is 1. The summed E-state index contributed by atoms with van der Waals surface area (Å²) in [5.74, 6) is -0.840. The molecule has 1 aromatic heterocycles. The highest BCUT2D eigenvalue weighted by Crippen LogP contribution is 2.44. The van der Waals surface area contributed by atoms with Crippen molar-refractivity contribution in [1.82, 2.24) is 0 Å². The van der Waals surface area contributed by atoms with Crippen molar-refractivity contribution < 1.29 is 9.90 Å². The van der Waals surface area contributed by atoms with Crippen LogP contribution in [0, 0.1) is 6.92 Å². The number of carbonyl (C=O) groups is 1. The second-order valence-electron chi connectivity index (χ2n) is 5.01. The Labute approximate surface area is 127 Å². The minimum atomic E-state index is -0.986. The molecule has 0 bridgehead atoms. The highest BCUT2D eigenvalue weighted by atomic mass is 35.5. The molecular weight excluding hydrogens is 294 g/mol. The van der Waals surface area contributed by atoms with E-state index in [9.17, 15) is 9.90 Å². The maximum atomic E-state index is 11.3. The maximum absolute atomic E-state index is 11.3. The van der Waals surface area contributed by atoms with Crippen LogP contribution in [-0.2, 0) is 0 Å². The first kappa shape index (κ1) is 14.9. The van der Waals surface area contributed by atoms with Crippen molar-refractivity contribution in [2.75, 3.05) is 5.73 Å². The fraction of sp³-hybridized carbons (Fsp3) is 0.267. The zero-order valence-corrected chi connectivity index (χ0v) is 13.1. The van der Waals surface area contributed by atoms with Crippen LogP contribution in [0.3, 0.4) is 0 Å². The molecule has 0 unspecified atom stereocenters. The number of nitrogens with two attached hydrogens (primary N) is 1. The summed E-state index contributed by atoms with van der Waals surface area (Å²) in [6, 6.07) is 5.61. The zero-order chi connectivity index (χ0) is 15.0. The molecule has 0 radical (unpaired) electrons. The van der Waals surface area contributed by atoms with Gasteiger partial charge in [-0.1, -0.05) is 31.5 Å². The van der Waals surface area contributed by atoms with Gasteiger partial charge >= 0.3 is 5.97 Å². The quantitative estimate of drug-likeness (QED) is 0.857. The van der Waals surface area contributed by atoms with Crippen molar-refractivity contribution in [1.29, 1.82) is 0 Å². The molecule has 5 heteroatoms. The van der Waals surface area contributed by atoms with Crippen LogP contribution < -0.4 is 5.73 Å². The van der Waals surface area contributed by atoms with Gasteiger partial charge in [0.2, 0.25) is 0 Å². The van der Waals surface area contributed by atoms with Gasteiger partial charge in [-0.25, -0.2) is 4.79 Å². The summed E-state index contributed by atoms with van der Waals surface area (Å²) in [6.45, 7) is 5.99. The lowest BCUT2D eigenvalue weighted by Crippen LogP contribution is -2.00. The van der Waals surface area contributed by atoms with Gasteiger partial charge in [0, 0.05) is 9.90 Å². The van der Waals surface area contributed by atoms with E-state index in [2.05, 4.69) is 0 Å². The predicted octanol–water partition coefficient (Wildman–Crippen LogP) is 4.78. The molecule has 0 fully saturated rings. The summed E-state index contributed by atoms with van der Waals surface area (Å²) in [7, 11) is 0. The Hall–Kier alpha value is -1.52. The predicted molar refractivity (Wildman–Crippen MR) is 85.0 cm³/mol. The molecule has 0 saturated heterocycles. The topological polar surface area (TPSA) is 63.3 Å². The zero-order valence-electron chi connectivity index (χ0n) is 11.5. The first-order chi connectivity index (χ1) is 9.32. The second kappa shape index (κ2) is 5.46. The Bertz CT molecular complexity index is 677. The Morgan fingerprint density at radius 3 is 2.60 bits per heavy atom. The summed E-state index contributed by atoms with van der Waals surface area (Å²) in [4.78, 5) is 12.4. The number of thiophene rings is 1. The fourth-order valence-corrected chi connectivity index (χ4v) is 3.70. The smallest absolute Gasteiger partial charge is 0.348 e. The van der Waals surface area contributed by atoms with Crippen LogP contribution in [0.1, 0.15) is 40.6 Å². The summed E-state index contributed by atoms with van der Waals surface area (Å²) < 4.78 is 0. The van der Waals surface area contributed by atoms with Crippen LogP contribution in [0.2, 0.25) is 5.02 Å². The molecule has 3 nitrogen and oxygen atoms in total. The molecule has 0 atom stereocenters. The van der Waals surface area contributed by atoms with Crippen LogP contribution in [0.4, 0.5) is 5.69 Å². The highest BCUT2D eigenvalue weighted by molar-refractivity contribution is 7.18. The Morgan fingerprint density at radius 1 is 1.40 bits per heavy atom. The van der Waals surface area contributed by atoms with E-state index >= 15 is 0 Å². The first-order valence-electron chi connectivity index (χ1n) is 6.25. The van der Waals surface area contributed by atoms with Crippen molar-refractivity contribution >= 4 is 34.6 Å². The minimum absolute atomic E-state index is 0.146. The number of halogens is 1. The van der Waals surface area contributed by atoms with E-state index in [0.717, 1.165) is 21.6 Å². The number of hydrogen-bond donors (Lipinski definition) is 2. The van der Waals surface area contributed by atoms with Crippen molar-refractivity contribution in [3.63, 3.8) is 0 Å². The van der Waals surface area contributed by atoms with Crippen molar-refractivity contribution in [3.05, 3.63) is 39.2 Å². The maximum Gasteiger partial charge on any atom is 0.348 e. The van der Waals surface area contributed by atoms with Gasteiger partial charge in [0.25, 0.3) is 0 Å². The fourth-order valence-electron chi connectivity index (χ4n) is 2.23. The lowest BCUT2D eigenvalue weighted by molar-refractivity contribution is 0.0703. The van der Waals surface area contributed by atoms with Gasteiger partial charge in [0.05, 0.1) is 5.69 Å². The van der Waals surface area contributed by atoms with Crippen LogP contribution in [0.15, 0.2) is 18.2 Å². The molecule has 2 aromatic rings. The number of hydrogen-bond acceptors (Lipinski definition) is 3. The average molecular weight is 310 g/mol. The number of aromatic carboxylic acids is 1. The van der Waals surface area contributed by atoms with E-state index in [1.807, 2.05) is 39.0 Å². The molecule has 0 saturated carbocycles. The number of carboxylic acids is 1. The van der Waals surface area contributed by atoms with Gasteiger partial charge in [-0.2, -0.15) is 0 Å². The van der Waals surface area contributed by atoms with E-state index in [1.54, 1.807) is 0 Å². The number of benzene rings is 1. The van der Waals surface area contributed by atoms with Gasteiger partial charge in [-0.15, -0.1) is 11.3 Å². The summed E-state index contributed by atoms with van der Waals surface area (Å²) in [5, 5.41) is 9.89.